The lowest BCUT2D eigenvalue weighted by Crippen LogP contribution is -2.51. The van der Waals surface area contributed by atoms with Gasteiger partial charge in [-0.25, -0.2) is 14.4 Å². The van der Waals surface area contributed by atoms with Crippen LogP contribution < -0.4 is 10.2 Å². The number of piperazine rings is 1. The first-order chi connectivity index (χ1) is 9.22. The molecule has 1 aromatic rings. The van der Waals surface area contributed by atoms with Crippen LogP contribution in [0.4, 0.5) is 10.2 Å². The van der Waals surface area contributed by atoms with Crippen molar-refractivity contribution in [2.45, 2.75) is 50.4 Å². The minimum absolute atomic E-state index is 0.230. The Morgan fingerprint density at radius 2 is 2.00 bits per heavy atom. The van der Waals surface area contributed by atoms with Crippen LogP contribution in [-0.4, -0.2) is 35.1 Å². The number of halogens is 1. The molecule has 0 aromatic carbocycles. The lowest BCUT2D eigenvalue weighted by atomic mass is 10.0. The van der Waals surface area contributed by atoms with E-state index in [-0.39, 0.29) is 5.92 Å². The van der Waals surface area contributed by atoms with Crippen LogP contribution in [0.2, 0.25) is 0 Å². The van der Waals surface area contributed by atoms with Crippen molar-refractivity contribution in [3.8, 4) is 0 Å². The van der Waals surface area contributed by atoms with Gasteiger partial charge in [0.15, 0.2) is 0 Å². The maximum absolute atomic E-state index is 14.0. The zero-order valence-corrected chi connectivity index (χ0v) is 11.1. The van der Waals surface area contributed by atoms with Gasteiger partial charge in [0.1, 0.15) is 18.3 Å². The third kappa shape index (κ3) is 1.75. The van der Waals surface area contributed by atoms with Crippen LogP contribution in [0.25, 0.3) is 0 Å². The summed E-state index contributed by atoms with van der Waals surface area (Å²) in [5, 5.41) is 3.62. The maximum Gasteiger partial charge on any atom is 0.143 e. The number of nitrogens with zero attached hydrogens (tertiary/aromatic N) is 3. The molecule has 4 atom stereocenters. The first-order valence-electron chi connectivity index (χ1n) is 7.22. The lowest BCUT2D eigenvalue weighted by Gasteiger charge is -2.35. The number of rotatable bonds is 1. The summed E-state index contributed by atoms with van der Waals surface area (Å²) < 4.78 is 14.0. The Balaban J connectivity index is 1.72. The van der Waals surface area contributed by atoms with E-state index >= 15 is 0 Å². The summed E-state index contributed by atoms with van der Waals surface area (Å²) in [7, 11) is 0. The zero-order valence-electron chi connectivity index (χ0n) is 11.1. The van der Waals surface area contributed by atoms with E-state index in [2.05, 4.69) is 27.1 Å². The van der Waals surface area contributed by atoms with Crippen molar-refractivity contribution in [1.29, 1.82) is 0 Å². The van der Waals surface area contributed by atoms with Crippen LogP contribution in [0.1, 0.15) is 49.5 Å². The molecule has 0 amide bonds. The fourth-order valence-corrected chi connectivity index (χ4v) is 3.88. The minimum atomic E-state index is -0.911. The molecule has 2 aliphatic heterocycles. The average molecular weight is 262 g/mol. The Morgan fingerprint density at radius 3 is 2.74 bits per heavy atom. The molecule has 3 heterocycles. The van der Waals surface area contributed by atoms with Gasteiger partial charge in [0.2, 0.25) is 0 Å². The number of aromatic nitrogens is 2. The number of fused-ring (bicyclic) bond motifs is 3. The highest BCUT2D eigenvalue weighted by Crippen LogP contribution is 2.45. The Kier molecular flexibility index (Phi) is 2.52. The molecule has 19 heavy (non-hydrogen) atoms. The smallest absolute Gasteiger partial charge is 0.143 e. The van der Waals surface area contributed by atoms with Crippen LogP contribution >= 0.6 is 0 Å². The van der Waals surface area contributed by atoms with Gasteiger partial charge in [-0.3, -0.25) is 0 Å². The molecule has 1 N–H and O–H groups in total. The van der Waals surface area contributed by atoms with Crippen molar-refractivity contribution in [1.82, 2.24) is 15.3 Å². The number of alkyl halides is 1. The Labute approximate surface area is 112 Å². The Morgan fingerprint density at radius 1 is 1.26 bits per heavy atom. The summed E-state index contributed by atoms with van der Waals surface area (Å²) in [6.07, 6.45) is 3.67. The highest BCUT2D eigenvalue weighted by Gasteiger charge is 2.38. The van der Waals surface area contributed by atoms with E-state index in [0.717, 1.165) is 24.5 Å². The van der Waals surface area contributed by atoms with Crippen LogP contribution in [0, 0.1) is 0 Å². The van der Waals surface area contributed by atoms with E-state index in [1.807, 2.05) is 0 Å². The molecule has 2 unspecified atom stereocenters. The summed E-state index contributed by atoms with van der Waals surface area (Å²) in [6, 6.07) is 1.14. The van der Waals surface area contributed by atoms with Crippen molar-refractivity contribution in [3.05, 3.63) is 17.6 Å². The van der Waals surface area contributed by atoms with Crippen LogP contribution in [0.3, 0.4) is 0 Å². The van der Waals surface area contributed by atoms with Crippen LogP contribution in [-0.2, 0) is 0 Å². The van der Waals surface area contributed by atoms with E-state index in [4.69, 9.17) is 0 Å². The first kappa shape index (κ1) is 11.6. The second-order valence-corrected chi connectivity index (χ2v) is 6.14. The predicted molar refractivity (Wildman–Crippen MR) is 71.1 cm³/mol. The third-order valence-electron chi connectivity index (χ3n) is 4.76. The largest absolute Gasteiger partial charge is 0.353 e. The highest BCUT2D eigenvalue weighted by atomic mass is 19.1. The van der Waals surface area contributed by atoms with E-state index in [9.17, 15) is 4.39 Å². The summed E-state index contributed by atoms with van der Waals surface area (Å²) in [5.74, 6) is 1.21. The molecule has 1 aromatic heterocycles. The number of hydrogen-bond donors (Lipinski definition) is 1. The normalized spacial score (nSPS) is 36.6. The van der Waals surface area contributed by atoms with E-state index in [1.54, 1.807) is 0 Å². The molecule has 0 spiro atoms. The lowest BCUT2D eigenvalue weighted by molar-refractivity contribution is 0.326. The second-order valence-electron chi connectivity index (χ2n) is 6.14. The molecule has 102 valence electrons. The fourth-order valence-electron chi connectivity index (χ4n) is 3.88. The zero-order chi connectivity index (χ0) is 13.0. The molecule has 0 radical (unpaired) electrons. The molecule has 0 saturated carbocycles. The van der Waals surface area contributed by atoms with Crippen molar-refractivity contribution in [2.75, 3.05) is 18.0 Å². The molecular formula is C14H19FN4. The van der Waals surface area contributed by atoms with E-state index < -0.39 is 6.17 Å². The first-order valence-corrected chi connectivity index (χ1v) is 7.22. The molecule has 4 rings (SSSR count). The van der Waals surface area contributed by atoms with Gasteiger partial charge >= 0.3 is 0 Å². The summed E-state index contributed by atoms with van der Waals surface area (Å²) in [4.78, 5) is 11.0. The minimum Gasteiger partial charge on any atom is -0.353 e. The molecule has 2 saturated heterocycles. The van der Waals surface area contributed by atoms with Gasteiger partial charge in [-0.15, -0.1) is 0 Å². The molecule has 2 bridgehead atoms. The summed E-state index contributed by atoms with van der Waals surface area (Å²) in [6.45, 7) is 4.06. The van der Waals surface area contributed by atoms with Crippen molar-refractivity contribution < 1.29 is 4.39 Å². The standard InChI is InChI=1S/C14H19FN4/c1-8-4-11(15)13-12(8)14(17-7-16-13)19-5-9-2-3-10(6-19)18-9/h7-11,18H,2-6H2,1H3/t8-,9?,10?,11-/m1/s1. The SMILES string of the molecule is C[C@@H]1C[C@@H](F)c2ncnc(N3CC4CCC(C3)N4)c21. The van der Waals surface area contributed by atoms with Crippen molar-refractivity contribution >= 4 is 5.82 Å². The maximum atomic E-state index is 14.0. The molecular weight excluding hydrogens is 243 g/mol. The molecule has 5 heteroatoms. The third-order valence-corrected chi connectivity index (χ3v) is 4.76. The quantitative estimate of drug-likeness (QED) is 0.839. The highest BCUT2D eigenvalue weighted by molar-refractivity contribution is 5.54. The van der Waals surface area contributed by atoms with Gasteiger partial charge < -0.3 is 10.2 Å². The topological polar surface area (TPSA) is 41.1 Å². The van der Waals surface area contributed by atoms with Gasteiger partial charge in [0, 0.05) is 30.7 Å². The van der Waals surface area contributed by atoms with E-state index in [0.29, 0.717) is 24.2 Å². The van der Waals surface area contributed by atoms with Gasteiger partial charge in [-0.1, -0.05) is 6.92 Å². The predicted octanol–water partition coefficient (Wildman–Crippen LogP) is 1.94. The molecule has 1 aliphatic carbocycles. The monoisotopic (exact) mass is 262 g/mol. The summed E-state index contributed by atoms with van der Waals surface area (Å²) in [5.41, 5.74) is 1.68. The fraction of sp³-hybridized carbons (Fsp3) is 0.714. The number of nitrogens with one attached hydrogen (secondary N) is 1. The van der Waals surface area contributed by atoms with Gasteiger partial charge in [-0.05, 0) is 25.2 Å². The molecule has 2 fully saturated rings. The number of anilines is 1. The van der Waals surface area contributed by atoms with E-state index in [1.165, 1.54) is 19.2 Å². The molecule has 3 aliphatic rings. The number of hydrogen-bond acceptors (Lipinski definition) is 4. The van der Waals surface area contributed by atoms with Crippen LogP contribution in [0.15, 0.2) is 6.33 Å². The Bertz CT molecular complexity index is 494. The van der Waals surface area contributed by atoms with Gasteiger partial charge in [-0.2, -0.15) is 0 Å². The van der Waals surface area contributed by atoms with Crippen molar-refractivity contribution in [2.24, 2.45) is 0 Å². The summed E-state index contributed by atoms with van der Waals surface area (Å²) >= 11 is 0. The Hall–Kier alpha value is -1.23. The van der Waals surface area contributed by atoms with Gasteiger partial charge in [0.25, 0.3) is 0 Å². The molecule has 4 nitrogen and oxygen atoms in total. The van der Waals surface area contributed by atoms with Crippen molar-refractivity contribution in [3.63, 3.8) is 0 Å². The van der Waals surface area contributed by atoms with Crippen LogP contribution in [0.5, 0.6) is 0 Å². The second kappa shape index (κ2) is 4.13. The average Bonchev–Trinajstić information content (AvgIpc) is 2.90. The van der Waals surface area contributed by atoms with Gasteiger partial charge in [0.05, 0.1) is 5.69 Å².